The van der Waals surface area contributed by atoms with Crippen LogP contribution in [0.4, 0.5) is 13.2 Å². The van der Waals surface area contributed by atoms with Gasteiger partial charge in [0, 0.05) is 12.7 Å². The highest BCUT2D eigenvalue weighted by atomic mass is 19.4. The number of Topliss-reactive ketones (excluding diaryl/α,β-unsaturated/α-hetero) is 1. The van der Waals surface area contributed by atoms with Crippen LogP contribution in [0.5, 0.6) is 0 Å². The number of nitrogens with zero attached hydrogens (tertiary/aromatic N) is 2. The van der Waals surface area contributed by atoms with Gasteiger partial charge >= 0.3 is 6.18 Å². The molecule has 0 saturated heterocycles. The number of rotatable bonds is 3. The third kappa shape index (κ3) is 2.81. The minimum Gasteiger partial charge on any atom is -0.282 e. The molecule has 84 valence electrons. The van der Waals surface area contributed by atoms with Gasteiger partial charge in [0.2, 0.25) is 0 Å². The number of ketones is 1. The van der Waals surface area contributed by atoms with Crippen molar-refractivity contribution in [3.63, 3.8) is 0 Å². The Bertz CT molecular complexity index is 354. The summed E-state index contributed by atoms with van der Waals surface area (Å²) in [5, 5.41) is 3.69. The van der Waals surface area contributed by atoms with Crippen molar-refractivity contribution in [2.24, 2.45) is 5.92 Å². The average Bonchev–Trinajstić information content (AvgIpc) is 2.48. The van der Waals surface area contributed by atoms with Gasteiger partial charge in [-0.1, -0.05) is 13.8 Å². The van der Waals surface area contributed by atoms with Gasteiger partial charge in [0.05, 0.1) is 0 Å². The van der Waals surface area contributed by atoms with Crippen molar-refractivity contribution in [3.05, 3.63) is 18.0 Å². The fraction of sp³-hybridized carbons (Fsp3) is 0.556. The van der Waals surface area contributed by atoms with Gasteiger partial charge in [-0.2, -0.15) is 18.3 Å². The van der Waals surface area contributed by atoms with E-state index in [1.165, 1.54) is 6.20 Å². The molecular weight excluding hydrogens is 209 g/mol. The molecule has 0 N–H and O–H groups in total. The van der Waals surface area contributed by atoms with Gasteiger partial charge in [0.25, 0.3) is 5.78 Å². The van der Waals surface area contributed by atoms with Crippen molar-refractivity contribution in [2.75, 3.05) is 0 Å². The molecule has 0 spiro atoms. The van der Waals surface area contributed by atoms with E-state index in [0.717, 1.165) is 10.7 Å². The smallest absolute Gasteiger partial charge is 0.282 e. The number of aromatic nitrogens is 2. The van der Waals surface area contributed by atoms with Crippen LogP contribution >= 0.6 is 0 Å². The van der Waals surface area contributed by atoms with Crippen LogP contribution in [0.25, 0.3) is 0 Å². The predicted molar refractivity (Wildman–Crippen MR) is 47.5 cm³/mol. The molecule has 1 rings (SSSR count). The van der Waals surface area contributed by atoms with Crippen LogP contribution < -0.4 is 0 Å². The minimum absolute atomic E-state index is 0.129. The molecule has 15 heavy (non-hydrogen) atoms. The van der Waals surface area contributed by atoms with Gasteiger partial charge in [-0.3, -0.25) is 9.48 Å². The molecule has 0 atom stereocenters. The summed E-state index contributed by atoms with van der Waals surface area (Å²) in [6, 6.07) is 1.08. The van der Waals surface area contributed by atoms with Crippen LogP contribution in [0.3, 0.4) is 0 Å². The minimum atomic E-state index is -4.84. The molecule has 0 aliphatic rings. The van der Waals surface area contributed by atoms with Crippen LogP contribution in [-0.4, -0.2) is 21.7 Å². The molecule has 0 aliphatic carbocycles. The van der Waals surface area contributed by atoms with Crippen molar-refractivity contribution in [1.82, 2.24) is 9.78 Å². The average molecular weight is 220 g/mol. The number of hydrogen-bond donors (Lipinski definition) is 0. The van der Waals surface area contributed by atoms with Crippen LogP contribution in [0.1, 0.15) is 24.3 Å². The van der Waals surface area contributed by atoms with Gasteiger partial charge in [-0.15, -0.1) is 0 Å². The summed E-state index contributed by atoms with van der Waals surface area (Å²) >= 11 is 0. The summed E-state index contributed by atoms with van der Waals surface area (Å²) in [4.78, 5) is 10.9. The van der Waals surface area contributed by atoms with E-state index >= 15 is 0 Å². The molecule has 6 heteroatoms. The molecule has 0 aliphatic heterocycles. The maximum absolute atomic E-state index is 12.1. The number of alkyl halides is 3. The monoisotopic (exact) mass is 220 g/mol. The molecular formula is C9H11F3N2O. The first-order chi connectivity index (χ1) is 6.82. The van der Waals surface area contributed by atoms with E-state index in [1.807, 2.05) is 13.8 Å². The maximum Gasteiger partial charge on any atom is 0.456 e. The van der Waals surface area contributed by atoms with Crippen molar-refractivity contribution in [3.8, 4) is 0 Å². The fourth-order valence-corrected chi connectivity index (χ4v) is 1.16. The quantitative estimate of drug-likeness (QED) is 0.732. The second kappa shape index (κ2) is 4.04. The standard InChI is InChI=1S/C9H11F3N2O/c1-6(2)5-14-7(3-4-13-14)8(15)9(10,11)12/h3-4,6H,5H2,1-2H3. The van der Waals surface area contributed by atoms with Crippen molar-refractivity contribution in [1.29, 1.82) is 0 Å². The Morgan fingerprint density at radius 2 is 2.13 bits per heavy atom. The van der Waals surface area contributed by atoms with E-state index in [9.17, 15) is 18.0 Å². The Kier molecular flexibility index (Phi) is 3.16. The van der Waals surface area contributed by atoms with E-state index in [2.05, 4.69) is 5.10 Å². The number of hydrogen-bond acceptors (Lipinski definition) is 2. The van der Waals surface area contributed by atoms with Gasteiger partial charge in [0.15, 0.2) is 0 Å². The zero-order valence-corrected chi connectivity index (χ0v) is 8.38. The van der Waals surface area contributed by atoms with E-state index in [1.54, 1.807) is 0 Å². The van der Waals surface area contributed by atoms with Crippen LogP contribution in [0.2, 0.25) is 0 Å². The van der Waals surface area contributed by atoms with Gasteiger partial charge in [-0.05, 0) is 12.0 Å². The van der Waals surface area contributed by atoms with Crippen molar-refractivity contribution < 1.29 is 18.0 Å². The highest BCUT2D eigenvalue weighted by Gasteiger charge is 2.41. The lowest BCUT2D eigenvalue weighted by Gasteiger charge is -2.10. The molecule has 1 aromatic rings. The normalized spacial score (nSPS) is 12.1. The highest BCUT2D eigenvalue weighted by Crippen LogP contribution is 2.21. The second-order valence-electron chi connectivity index (χ2n) is 3.62. The summed E-state index contributed by atoms with van der Waals surface area (Å²) < 4.78 is 37.5. The molecule has 1 heterocycles. The number of halogens is 3. The lowest BCUT2D eigenvalue weighted by atomic mass is 10.2. The first kappa shape index (κ1) is 11.7. The van der Waals surface area contributed by atoms with Crippen molar-refractivity contribution in [2.45, 2.75) is 26.6 Å². The van der Waals surface area contributed by atoms with Crippen LogP contribution in [-0.2, 0) is 6.54 Å². The molecule has 0 radical (unpaired) electrons. The Hall–Kier alpha value is -1.33. The third-order valence-electron chi connectivity index (χ3n) is 1.74. The van der Waals surface area contributed by atoms with E-state index in [0.29, 0.717) is 6.54 Å². The van der Waals surface area contributed by atoms with E-state index in [4.69, 9.17) is 0 Å². The van der Waals surface area contributed by atoms with Gasteiger partial charge in [0.1, 0.15) is 5.69 Å². The number of carbonyl (C=O) groups is 1. The van der Waals surface area contributed by atoms with E-state index < -0.39 is 17.7 Å². The molecule has 0 aromatic carbocycles. The predicted octanol–water partition coefficient (Wildman–Crippen LogP) is 2.28. The summed E-state index contributed by atoms with van der Waals surface area (Å²) in [6.07, 6.45) is -3.64. The Labute approximate surface area is 84.9 Å². The van der Waals surface area contributed by atoms with Crippen molar-refractivity contribution >= 4 is 5.78 Å². The molecule has 3 nitrogen and oxygen atoms in total. The van der Waals surface area contributed by atoms with E-state index in [-0.39, 0.29) is 5.92 Å². The zero-order valence-electron chi connectivity index (χ0n) is 8.38. The number of carbonyl (C=O) groups excluding carboxylic acids is 1. The van der Waals surface area contributed by atoms with Gasteiger partial charge < -0.3 is 0 Å². The molecule has 0 unspecified atom stereocenters. The van der Waals surface area contributed by atoms with Gasteiger partial charge in [-0.25, -0.2) is 0 Å². The SMILES string of the molecule is CC(C)Cn1nccc1C(=O)C(F)(F)F. The molecule has 0 saturated carbocycles. The molecule has 1 aromatic heterocycles. The first-order valence-electron chi connectivity index (χ1n) is 4.45. The zero-order chi connectivity index (χ0) is 11.6. The lowest BCUT2D eigenvalue weighted by molar-refractivity contribution is -0.0891. The summed E-state index contributed by atoms with van der Waals surface area (Å²) in [5.74, 6) is -1.72. The topological polar surface area (TPSA) is 34.9 Å². The largest absolute Gasteiger partial charge is 0.456 e. The summed E-state index contributed by atoms with van der Waals surface area (Å²) in [7, 11) is 0. The molecule has 0 amide bonds. The lowest BCUT2D eigenvalue weighted by Crippen LogP contribution is -2.26. The second-order valence-corrected chi connectivity index (χ2v) is 3.62. The highest BCUT2D eigenvalue weighted by molar-refractivity contribution is 5.98. The third-order valence-corrected chi connectivity index (χ3v) is 1.74. The first-order valence-corrected chi connectivity index (χ1v) is 4.45. The Morgan fingerprint density at radius 3 is 2.60 bits per heavy atom. The molecule has 0 fully saturated rings. The summed E-state index contributed by atoms with van der Waals surface area (Å²) in [6.45, 7) is 3.97. The van der Waals surface area contributed by atoms with Crippen LogP contribution in [0.15, 0.2) is 12.3 Å². The maximum atomic E-state index is 12.1. The van der Waals surface area contributed by atoms with Crippen LogP contribution in [0, 0.1) is 5.92 Å². The Morgan fingerprint density at radius 1 is 1.53 bits per heavy atom. The summed E-state index contributed by atoms with van der Waals surface area (Å²) in [5.41, 5.74) is -0.406. The molecule has 0 bridgehead atoms. The fourth-order valence-electron chi connectivity index (χ4n) is 1.16. The Balaban J connectivity index is 2.95.